The zero-order valence-electron chi connectivity index (χ0n) is 11.6. The highest BCUT2D eigenvalue weighted by molar-refractivity contribution is 6.30. The third-order valence-electron chi connectivity index (χ3n) is 3.18. The number of hydrogen-bond donors (Lipinski definition) is 1. The van der Waals surface area contributed by atoms with Gasteiger partial charge in [0.05, 0.1) is 5.56 Å². The van der Waals surface area contributed by atoms with Gasteiger partial charge in [0.2, 0.25) is 0 Å². The van der Waals surface area contributed by atoms with E-state index in [0.29, 0.717) is 10.8 Å². The van der Waals surface area contributed by atoms with Crippen LogP contribution >= 0.6 is 11.6 Å². The molecule has 2 aromatic rings. The number of benzene rings is 2. The lowest BCUT2D eigenvalue weighted by Gasteiger charge is -2.22. The summed E-state index contributed by atoms with van der Waals surface area (Å²) < 4.78 is 33.3. The number of halogens is 3. The third-order valence-corrected chi connectivity index (χ3v) is 3.41. The maximum absolute atomic E-state index is 14.0. The van der Waals surface area contributed by atoms with Crippen molar-refractivity contribution in [2.24, 2.45) is 0 Å². The summed E-state index contributed by atoms with van der Waals surface area (Å²) in [5.41, 5.74) is -0.120. The van der Waals surface area contributed by atoms with Gasteiger partial charge in [-0.05, 0) is 43.7 Å². The minimum Gasteiger partial charge on any atom is -0.488 e. The molecule has 0 aliphatic rings. The second kappa shape index (κ2) is 6.41. The van der Waals surface area contributed by atoms with E-state index in [1.54, 1.807) is 24.3 Å². The number of aliphatic hydroxyl groups excluding tert-OH is 1. The van der Waals surface area contributed by atoms with Crippen LogP contribution in [0.15, 0.2) is 36.4 Å². The SMILES string of the molecule is Cc1ccc(F)c(C(O)C(C)Oc2cccc(Cl)c2)c1F. The van der Waals surface area contributed by atoms with Gasteiger partial charge in [-0.25, -0.2) is 8.78 Å². The summed E-state index contributed by atoms with van der Waals surface area (Å²) in [6.45, 7) is 3.04. The van der Waals surface area contributed by atoms with Crippen molar-refractivity contribution in [2.75, 3.05) is 0 Å². The Morgan fingerprint density at radius 1 is 1.19 bits per heavy atom. The fourth-order valence-corrected chi connectivity index (χ4v) is 2.18. The number of aliphatic hydroxyl groups is 1. The first-order valence-electron chi connectivity index (χ1n) is 6.45. The lowest BCUT2D eigenvalue weighted by atomic mass is 10.0. The molecule has 112 valence electrons. The number of ether oxygens (including phenoxy) is 1. The molecule has 2 nitrogen and oxygen atoms in total. The van der Waals surface area contributed by atoms with Gasteiger partial charge in [-0.1, -0.05) is 23.7 Å². The zero-order chi connectivity index (χ0) is 15.6. The molecule has 0 saturated heterocycles. The molecule has 5 heteroatoms. The summed E-state index contributed by atoms with van der Waals surface area (Å²) in [4.78, 5) is 0. The number of hydrogen-bond acceptors (Lipinski definition) is 2. The highest BCUT2D eigenvalue weighted by Gasteiger charge is 2.26. The van der Waals surface area contributed by atoms with Crippen LogP contribution in [-0.2, 0) is 0 Å². The molecule has 0 aliphatic heterocycles. The van der Waals surface area contributed by atoms with Crippen LogP contribution in [0.2, 0.25) is 5.02 Å². The molecule has 0 aliphatic carbocycles. The smallest absolute Gasteiger partial charge is 0.134 e. The Bertz CT molecular complexity index is 646. The van der Waals surface area contributed by atoms with E-state index in [1.807, 2.05) is 0 Å². The Morgan fingerprint density at radius 3 is 2.57 bits per heavy atom. The largest absolute Gasteiger partial charge is 0.488 e. The Balaban J connectivity index is 2.24. The van der Waals surface area contributed by atoms with Crippen molar-refractivity contribution in [3.05, 3.63) is 64.2 Å². The van der Waals surface area contributed by atoms with Gasteiger partial charge in [-0.2, -0.15) is 0 Å². The zero-order valence-corrected chi connectivity index (χ0v) is 12.4. The highest BCUT2D eigenvalue weighted by Crippen LogP contribution is 2.28. The van der Waals surface area contributed by atoms with Gasteiger partial charge in [0.1, 0.15) is 29.6 Å². The number of rotatable bonds is 4. The normalized spacial score (nSPS) is 13.8. The first-order valence-corrected chi connectivity index (χ1v) is 6.82. The van der Waals surface area contributed by atoms with Crippen LogP contribution in [0.3, 0.4) is 0 Å². The quantitative estimate of drug-likeness (QED) is 0.905. The molecule has 0 heterocycles. The summed E-state index contributed by atoms with van der Waals surface area (Å²) in [5.74, 6) is -1.14. The van der Waals surface area contributed by atoms with Crippen molar-refractivity contribution in [2.45, 2.75) is 26.1 Å². The van der Waals surface area contributed by atoms with Crippen molar-refractivity contribution < 1.29 is 18.6 Å². The predicted octanol–water partition coefficient (Wildman–Crippen LogP) is 4.43. The summed E-state index contributed by atoms with van der Waals surface area (Å²) in [7, 11) is 0. The Labute approximate surface area is 126 Å². The Morgan fingerprint density at radius 2 is 1.90 bits per heavy atom. The van der Waals surface area contributed by atoms with E-state index >= 15 is 0 Å². The minimum absolute atomic E-state index is 0.264. The third kappa shape index (κ3) is 3.52. The molecule has 2 atom stereocenters. The van der Waals surface area contributed by atoms with Crippen LogP contribution in [0.4, 0.5) is 8.78 Å². The van der Waals surface area contributed by atoms with Crippen molar-refractivity contribution in [3.8, 4) is 5.75 Å². The highest BCUT2D eigenvalue weighted by atomic mass is 35.5. The van der Waals surface area contributed by atoms with E-state index in [9.17, 15) is 13.9 Å². The molecule has 2 unspecified atom stereocenters. The minimum atomic E-state index is -1.43. The van der Waals surface area contributed by atoms with Gasteiger partial charge in [-0.3, -0.25) is 0 Å². The summed E-state index contributed by atoms with van der Waals surface area (Å²) >= 11 is 5.83. The standard InChI is InChI=1S/C16H15ClF2O2/c1-9-6-7-13(18)14(15(9)19)16(20)10(2)21-12-5-3-4-11(17)8-12/h3-8,10,16,20H,1-2H3. The molecule has 0 aromatic heterocycles. The van der Waals surface area contributed by atoms with Gasteiger partial charge in [0.15, 0.2) is 0 Å². The summed E-state index contributed by atoms with van der Waals surface area (Å²) in [6, 6.07) is 9.03. The van der Waals surface area contributed by atoms with E-state index in [0.717, 1.165) is 6.07 Å². The van der Waals surface area contributed by atoms with E-state index in [4.69, 9.17) is 16.3 Å². The van der Waals surface area contributed by atoms with Crippen LogP contribution in [0.5, 0.6) is 5.75 Å². The van der Waals surface area contributed by atoms with Gasteiger partial charge in [0, 0.05) is 5.02 Å². The molecule has 1 N–H and O–H groups in total. The molecule has 0 radical (unpaired) electrons. The number of aryl methyl sites for hydroxylation is 1. The van der Waals surface area contributed by atoms with Crippen molar-refractivity contribution in [1.29, 1.82) is 0 Å². The maximum atomic E-state index is 14.0. The molecular formula is C16H15ClF2O2. The molecule has 21 heavy (non-hydrogen) atoms. The second-order valence-corrected chi connectivity index (χ2v) is 5.25. The van der Waals surface area contributed by atoms with E-state index in [2.05, 4.69) is 0 Å². The fourth-order valence-electron chi connectivity index (χ4n) is 2.00. The van der Waals surface area contributed by atoms with E-state index < -0.39 is 23.8 Å². The monoisotopic (exact) mass is 312 g/mol. The van der Waals surface area contributed by atoms with Gasteiger partial charge in [0.25, 0.3) is 0 Å². The molecule has 0 amide bonds. The van der Waals surface area contributed by atoms with Crippen LogP contribution < -0.4 is 4.74 Å². The van der Waals surface area contributed by atoms with Gasteiger partial charge >= 0.3 is 0 Å². The summed E-state index contributed by atoms with van der Waals surface area (Å²) in [5, 5.41) is 10.6. The maximum Gasteiger partial charge on any atom is 0.134 e. The van der Waals surface area contributed by atoms with Gasteiger partial charge < -0.3 is 9.84 Å². The van der Waals surface area contributed by atoms with Crippen LogP contribution in [0.1, 0.15) is 24.2 Å². The molecule has 0 saturated carbocycles. The van der Waals surface area contributed by atoms with Crippen molar-refractivity contribution in [1.82, 2.24) is 0 Å². The van der Waals surface area contributed by atoms with Crippen molar-refractivity contribution >= 4 is 11.6 Å². The first-order chi connectivity index (χ1) is 9.90. The van der Waals surface area contributed by atoms with Crippen LogP contribution in [0.25, 0.3) is 0 Å². The van der Waals surface area contributed by atoms with Crippen molar-refractivity contribution in [3.63, 3.8) is 0 Å². The Hall–Kier alpha value is -1.65. The lowest BCUT2D eigenvalue weighted by molar-refractivity contribution is 0.0417. The lowest BCUT2D eigenvalue weighted by Crippen LogP contribution is -2.24. The molecule has 0 spiro atoms. The van der Waals surface area contributed by atoms with Gasteiger partial charge in [-0.15, -0.1) is 0 Å². The molecule has 0 bridgehead atoms. The van der Waals surface area contributed by atoms with Crippen LogP contribution in [0, 0.1) is 18.6 Å². The van der Waals surface area contributed by atoms with E-state index in [1.165, 1.54) is 19.9 Å². The average molecular weight is 313 g/mol. The Kier molecular flexibility index (Phi) is 4.80. The van der Waals surface area contributed by atoms with E-state index in [-0.39, 0.29) is 11.1 Å². The average Bonchev–Trinajstić information content (AvgIpc) is 2.43. The van der Waals surface area contributed by atoms with Crippen LogP contribution in [-0.4, -0.2) is 11.2 Å². The molecule has 2 rings (SSSR count). The fraction of sp³-hybridized carbons (Fsp3) is 0.250. The molecule has 0 fully saturated rings. The predicted molar refractivity (Wildman–Crippen MR) is 77.6 cm³/mol. The molecule has 2 aromatic carbocycles. The summed E-state index contributed by atoms with van der Waals surface area (Å²) in [6.07, 6.45) is -2.27. The second-order valence-electron chi connectivity index (χ2n) is 4.82. The topological polar surface area (TPSA) is 29.5 Å². The molecular weight excluding hydrogens is 298 g/mol. The first kappa shape index (κ1) is 15.7.